The molecule has 0 saturated heterocycles. The molecule has 0 aliphatic heterocycles. The summed E-state index contributed by atoms with van der Waals surface area (Å²) in [6, 6.07) is 5.43. The molecule has 6 nitrogen and oxygen atoms in total. The van der Waals surface area contributed by atoms with E-state index >= 15 is 0 Å². The molecule has 1 aliphatic carbocycles. The van der Waals surface area contributed by atoms with Crippen LogP contribution in [-0.2, 0) is 5.60 Å². The molecule has 0 amide bonds. The highest BCUT2D eigenvalue weighted by Gasteiger charge is 2.42. The van der Waals surface area contributed by atoms with Crippen LogP contribution in [0.25, 0.3) is 0 Å². The molecule has 0 aromatic heterocycles. The maximum atomic E-state index is 12.8. The molecular formula is C17H14O6. The third kappa shape index (κ3) is 1.85. The van der Waals surface area contributed by atoms with Gasteiger partial charge in [0.2, 0.25) is 0 Å². The molecule has 1 aliphatic rings. The minimum Gasteiger partial charge on any atom is -0.507 e. The summed E-state index contributed by atoms with van der Waals surface area (Å²) in [6.45, 7) is 2.82. The molecule has 0 radical (unpaired) electrons. The van der Waals surface area contributed by atoms with Crippen LogP contribution in [0, 0.1) is 6.92 Å². The Balaban J connectivity index is 2.46. The van der Waals surface area contributed by atoms with Gasteiger partial charge in [0.25, 0.3) is 0 Å². The highest BCUT2D eigenvalue weighted by Crippen LogP contribution is 2.45. The number of hydrogen-bond acceptors (Lipinski definition) is 5. The van der Waals surface area contributed by atoms with Crippen molar-refractivity contribution in [3.8, 4) is 11.5 Å². The summed E-state index contributed by atoms with van der Waals surface area (Å²) in [6.07, 6.45) is 0. The SMILES string of the molecule is Cc1c(C(=O)O)c(O)cc2c1C(=O)c1c(O)cccc1C2(C)O. The second-order valence-electron chi connectivity index (χ2n) is 5.72. The van der Waals surface area contributed by atoms with Crippen molar-refractivity contribution in [2.24, 2.45) is 0 Å². The van der Waals surface area contributed by atoms with Crippen molar-refractivity contribution in [2.45, 2.75) is 19.4 Å². The molecule has 0 fully saturated rings. The molecule has 1 unspecified atom stereocenters. The van der Waals surface area contributed by atoms with Gasteiger partial charge >= 0.3 is 5.97 Å². The molecule has 6 heteroatoms. The molecule has 23 heavy (non-hydrogen) atoms. The number of hydrogen-bond donors (Lipinski definition) is 4. The van der Waals surface area contributed by atoms with Gasteiger partial charge in [-0.2, -0.15) is 0 Å². The van der Waals surface area contributed by atoms with E-state index in [-0.39, 0.29) is 33.6 Å². The number of phenols is 2. The average molecular weight is 314 g/mol. The zero-order valence-corrected chi connectivity index (χ0v) is 12.4. The van der Waals surface area contributed by atoms with Crippen molar-refractivity contribution >= 4 is 11.8 Å². The van der Waals surface area contributed by atoms with Crippen LogP contribution in [0.15, 0.2) is 24.3 Å². The van der Waals surface area contributed by atoms with Gasteiger partial charge in [-0.3, -0.25) is 4.79 Å². The molecule has 0 spiro atoms. The van der Waals surface area contributed by atoms with Crippen molar-refractivity contribution in [3.05, 3.63) is 57.6 Å². The van der Waals surface area contributed by atoms with Crippen molar-refractivity contribution in [3.63, 3.8) is 0 Å². The van der Waals surface area contributed by atoms with Gasteiger partial charge in [-0.1, -0.05) is 12.1 Å². The minimum absolute atomic E-state index is 0.0146. The summed E-state index contributed by atoms with van der Waals surface area (Å²) in [7, 11) is 0. The summed E-state index contributed by atoms with van der Waals surface area (Å²) >= 11 is 0. The van der Waals surface area contributed by atoms with E-state index < -0.39 is 28.7 Å². The van der Waals surface area contributed by atoms with Crippen LogP contribution in [0.1, 0.15) is 49.9 Å². The van der Waals surface area contributed by atoms with E-state index in [1.54, 1.807) is 0 Å². The molecule has 2 aromatic rings. The first-order chi connectivity index (χ1) is 10.7. The van der Waals surface area contributed by atoms with Crippen molar-refractivity contribution < 1.29 is 30.0 Å². The zero-order valence-electron chi connectivity index (χ0n) is 12.4. The molecule has 3 rings (SSSR count). The second-order valence-corrected chi connectivity index (χ2v) is 5.72. The monoisotopic (exact) mass is 314 g/mol. The fourth-order valence-electron chi connectivity index (χ4n) is 3.20. The summed E-state index contributed by atoms with van der Waals surface area (Å²) < 4.78 is 0. The summed E-state index contributed by atoms with van der Waals surface area (Å²) in [5.41, 5.74) is -1.76. The number of carboxylic acid groups (broad SMARTS) is 1. The van der Waals surface area contributed by atoms with Gasteiger partial charge in [0.1, 0.15) is 22.7 Å². The van der Waals surface area contributed by atoms with Crippen molar-refractivity contribution in [1.82, 2.24) is 0 Å². The van der Waals surface area contributed by atoms with Gasteiger partial charge in [0.15, 0.2) is 5.78 Å². The van der Waals surface area contributed by atoms with Crippen LogP contribution in [0.4, 0.5) is 0 Å². The smallest absolute Gasteiger partial charge is 0.339 e. The Labute approximate surface area is 131 Å². The van der Waals surface area contributed by atoms with E-state index in [2.05, 4.69) is 0 Å². The quantitative estimate of drug-likeness (QED) is 0.639. The van der Waals surface area contributed by atoms with Gasteiger partial charge in [-0.05, 0) is 31.5 Å². The Morgan fingerprint density at radius 2 is 1.74 bits per heavy atom. The Kier molecular flexibility index (Phi) is 2.99. The van der Waals surface area contributed by atoms with Gasteiger partial charge in [0, 0.05) is 16.7 Å². The number of benzene rings is 2. The molecule has 0 heterocycles. The number of carbonyl (C=O) groups excluding carboxylic acids is 1. The van der Waals surface area contributed by atoms with E-state index in [4.69, 9.17) is 0 Å². The second kappa shape index (κ2) is 4.57. The molecule has 2 aromatic carbocycles. The molecule has 118 valence electrons. The van der Waals surface area contributed by atoms with Crippen LogP contribution in [0.5, 0.6) is 11.5 Å². The van der Waals surface area contributed by atoms with Crippen molar-refractivity contribution in [2.75, 3.05) is 0 Å². The Hall–Kier alpha value is -2.86. The number of carboxylic acids is 1. The first kappa shape index (κ1) is 15.1. The number of aromatic hydroxyl groups is 2. The first-order valence-electron chi connectivity index (χ1n) is 6.87. The van der Waals surface area contributed by atoms with Gasteiger partial charge in [-0.15, -0.1) is 0 Å². The normalized spacial score (nSPS) is 19.2. The van der Waals surface area contributed by atoms with E-state index in [0.717, 1.165) is 6.07 Å². The van der Waals surface area contributed by atoms with Crippen LogP contribution >= 0.6 is 0 Å². The maximum Gasteiger partial charge on any atom is 0.339 e. The number of ketones is 1. The van der Waals surface area contributed by atoms with E-state index in [0.29, 0.717) is 0 Å². The number of fused-ring (bicyclic) bond motifs is 2. The van der Waals surface area contributed by atoms with Crippen LogP contribution < -0.4 is 0 Å². The minimum atomic E-state index is -1.66. The van der Waals surface area contributed by atoms with Crippen molar-refractivity contribution in [1.29, 1.82) is 0 Å². The first-order valence-corrected chi connectivity index (χ1v) is 6.87. The Morgan fingerprint density at radius 1 is 1.09 bits per heavy atom. The number of phenolic OH excluding ortho intramolecular Hbond substituents is 1. The lowest BCUT2D eigenvalue weighted by molar-refractivity contribution is 0.0690. The maximum absolute atomic E-state index is 12.8. The van der Waals surface area contributed by atoms with E-state index in [1.165, 1.54) is 32.0 Å². The molecule has 0 saturated carbocycles. The van der Waals surface area contributed by atoms with Crippen LogP contribution in [0.3, 0.4) is 0 Å². The zero-order chi connectivity index (χ0) is 17.1. The van der Waals surface area contributed by atoms with E-state index in [9.17, 15) is 30.0 Å². The fourth-order valence-corrected chi connectivity index (χ4v) is 3.20. The fraction of sp³-hybridized carbons (Fsp3) is 0.176. The van der Waals surface area contributed by atoms with Gasteiger partial charge < -0.3 is 20.4 Å². The topological polar surface area (TPSA) is 115 Å². The molecule has 4 N–H and O–H groups in total. The molecular weight excluding hydrogens is 300 g/mol. The Bertz CT molecular complexity index is 879. The number of aliphatic hydroxyl groups is 1. The summed E-state index contributed by atoms with van der Waals surface area (Å²) in [5.74, 6) is -2.77. The molecule has 1 atom stereocenters. The average Bonchev–Trinajstić information content (AvgIpc) is 2.44. The number of rotatable bonds is 1. The lowest BCUT2D eigenvalue weighted by atomic mass is 9.72. The van der Waals surface area contributed by atoms with E-state index in [1.807, 2.05) is 0 Å². The van der Waals surface area contributed by atoms with Gasteiger partial charge in [0.05, 0.1) is 5.56 Å². The van der Waals surface area contributed by atoms with Gasteiger partial charge in [-0.25, -0.2) is 4.79 Å². The number of aromatic carboxylic acids is 1. The lowest BCUT2D eigenvalue weighted by Crippen LogP contribution is -2.34. The predicted molar refractivity (Wildman–Crippen MR) is 80.0 cm³/mol. The predicted octanol–water partition coefficient (Wildman–Crippen LogP) is 1.90. The third-order valence-corrected chi connectivity index (χ3v) is 4.32. The summed E-state index contributed by atoms with van der Waals surface area (Å²) in [5, 5.41) is 40.1. The largest absolute Gasteiger partial charge is 0.507 e. The standard InChI is InChI=1S/C17H14O6/c1-7-12-9(6-11(19)13(7)16(21)22)17(2,23)8-4-3-5-10(18)14(8)15(12)20/h3-6,18-19,23H,1-2H3,(H,21,22). The lowest BCUT2D eigenvalue weighted by Gasteiger charge is -2.34. The highest BCUT2D eigenvalue weighted by atomic mass is 16.4. The van der Waals surface area contributed by atoms with Crippen LogP contribution in [0.2, 0.25) is 0 Å². The van der Waals surface area contributed by atoms with Crippen LogP contribution in [-0.4, -0.2) is 32.2 Å². The highest BCUT2D eigenvalue weighted by molar-refractivity contribution is 6.16. The number of carbonyl (C=O) groups is 2. The Morgan fingerprint density at radius 3 is 2.35 bits per heavy atom. The molecule has 0 bridgehead atoms. The summed E-state index contributed by atoms with van der Waals surface area (Å²) in [4.78, 5) is 24.1. The third-order valence-electron chi connectivity index (χ3n) is 4.32.